The van der Waals surface area contributed by atoms with Gasteiger partial charge in [0, 0.05) is 6.20 Å². The van der Waals surface area contributed by atoms with Crippen molar-refractivity contribution in [2.75, 3.05) is 5.32 Å². The van der Waals surface area contributed by atoms with Crippen molar-refractivity contribution in [2.24, 2.45) is 0 Å². The quantitative estimate of drug-likeness (QED) is 0.459. The zero-order chi connectivity index (χ0) is 15.2. The van der Waals surface area contributed by atoms with Gasteiger partial charge in [-0.15, -0.1) is 10.2 Å². The van der Waals surface area contributed by atoms with Crippen LogP contribution in [0.1, 0.15) is 11.4 Å². The minimum atomic E-state index is -0.980. The Labute approximate surface area is 118 Å². The highest BCUT2D eigenvalue weighted by Crippen LogP contribution is 2.25. The number of nitrogens with zero attached hydrogens (tertiary/aromatic N) is 4. The predicted octanol–water partition coefficient (Wildman–Crippen LogP) is 0.509. The molecule has 4 N–H and O–H groups in total. The van der Waals surface area contributed by atoms with Crippen molar-refractivity contribution in [3.63, 3.8) is 0 Å². The summed E-state index contributed by atoms with van der Waals surface area (Å²) in [4.78, 5) is 10.7. The summed E-state index contributed by atoms with van der Waals surface area (Å²) in [5, 5.41) is 43.1. The number of allylic oxidation sites excluding steroid dienone is 1. The van der Waals surface area contributed by atoms with E-state index >= 15 is 0 Å². The Bertz CT molecular complexity index is 717. The largest absolute Gasteiger partial charge is 0.506 e. The van der Waals surface area contributed by atoms with Crippen LogP contribution in [0.3, 0.4) is 0 Å². The number of tetrazole rings is 1. The van der Waals surface area contributed by atoms with Crippen LogP contribution in [-0.4, -0.2) is 36.8 Å². The highest BCUT2D eigenvalue weighted by atomic mass is 16.4. The van der Waals surface area contributed by atoms with Crippen LogP contribution in [0.25, 0.3) is 5.57 Å². The minimum absolute atomic E-state index is 0.0780. The lowest BCUT2D eigenvalue weighted by Crippen LogP contribution is -2.01. The molecule has 0 bridgehead atoms. The Morgan fingerprint density at radius 1 is 1.52 bits per heavy atom. The summed E-state index contributed by atoms with van der Waals surface area (Å²) < 4.78 is 0. The summed E-state index contributed by atoms with van der Waals surface area (Å²) in [5.41, 5.74) is 0.881. The number of hydrogen-bond donors (Lipinski definition) is 4. The summed E-state index contributed by atoms with van der Waals surface area (Å²) >= 11 is 0. The van der Waals surface area contributed by atoms with Crippen LogP contribution in [0.4, 0.5) is 5.69 Å². The van der Waals surface area contributed by atoms with Gasteiger partial charge in [0.25, 0.3) is 0 Å². The van der Waals surface area contributed by atoms with Crippen molar-refractivity contribution in [1.29, 1.82) is 5.26 Å². The fourth-order valence-electron chi connectivity index (χ4n) is 1.56. The van der Waals surface area contributed by atoms with Gasteiger partial charge in [0.1, 0.15) is 17.4 Å². The molecule has 0 amide bonds. The molecule has 0 fully saturated rings. The predicted molar refractivity (Wildman–Crippen MR) is 70.8 cm³/mol. The van der Waals surface area contributed by atoms with E-state index in [2.05, 4.69) is 25.9 Å². The van der Waals surface area contributed by atoms with E-state index < -0.39 is 5.97 Å². The molecule has 0 aliphatic heterocycles. The molecule has 0 atom stereocenters. The molecule has 0 saturated heterocycles. The number of aliphatic carboxylic acids is 1. The number of benzene rings is 1. The van der Waals surface area contributed by atoms with Crippen LogP contribution >= 0.6 is 0 Å². The lowest BCUT2D eigenvalue weighted by Gasteiger charge is -2.06. The third-order valence-corrected chi connectivity index (χ3v) is 2.50. The third-order valence-electron chi connectivity index (χ3n) is 2.50. The molecule has 106 valence electrons. The number of carboxylic acid groups (broad SMARTS) is 1. The van der Waals surface area contributed by atoms with Gasteiger partial charge in [-0.2, -0.15) is 10.5 Å². The first-order chi connectivity index (χ1) is 10.1. The fraction of sp³-hybridized carbons (Fsp3) is 0.0833. The number of phenols is 1. The van der Waals surface area contributed by atoms with E-state index in [1.54, 1.807) is 0 Å². The molecule has 0 radical (unpaired) electrons. The molecule has 0 aliphatic rings. The van der Waals surface area contributed by atoms with E-state index in [0.29, 0.717) is 5.56 Å². The first kappa shape index (κ1) is 14.0. The number of nitriles is 1. The first-order valence-electron chi connectivity index (χ1n) is 5.74. The number of aromatic hydroxyl groups is 1. The van der Waals surface area contributed by atoms with Gasteiger partial charge >= 0.3 is 5.97 Å². The molecule has 1 aromatic heterocycles. The number of nitrogens with one attached hydrogen (secondary N) is 2. The molecule has 0 unspecified atom stereocenters. The van der Waals surface area contributed by atoms with Crippen LogP contribution in [0.2, 0.25) is 0 Å². The Hall–Kier alpha value is -3.41. The van der Waals surface area contributed by atoms with E-state index in [1.807, 2.05) is 6.07 Å². The molecule has 1 heterocycles. The number of carboxylic acids is 1. The van der Waals surface area contributed by atoms with Crippen molar-refractivity contribution in [1.82, 2.24) is 20.6 Å². The Kier molecular flexibility index (Phi) is 4.11. The molecule has 0 saturated carbocycles. The second kappa shape index (κ2) is 6.16. The maximum atomic E-state index is 10.7. The van der Waals surface area contributed by atoms with Crippen molar-refractivity contribution in [2.45, 2.75) is 6.42 Å². The molecule has 2 aromatic rings. The third kappa shape index (κ3) is 3.54. The van der Waals surface area contributed by atoms with Gasteiger partial charge in [-0.25, -0.2) is 0 Å². The Morgan fingerprint density at radius 2 is 2.33 bits per heavy atom. The van der Waals surface area contributed by atoms with Crippen molar-refractivity contribution in [3.05, 3.63) is 35.8 Å². The maximum Gasteiger partial charge on any atom is 0.307 e. The number of carbonyl (C=O) groups is 1. The molecule has 9 heteroatoms. The molecule has 0 spiro atoms. The Morgan fingerprint density at radius 3 is 2.95 bits per heavy atom. The number of H-pyrrole nitrogens is 1. The average Bonchev–Trinajstić information content (AvgIpc) is 2.96. The van der Waals surface area contributed by atoms with E-state index in [4.69, 9.17) is 10.4 Å². The smallest absolute Gasteiger partial charge is 0.307 e. The van der Waals surface area contributed by atoms with Crippen molar-refractivity contribution >= 4 is 17.2 Å². The summed E-state index contributed by atoms with van der Waals surface area (Å²) in [6.45, 7) is 0. The van der Waals surface area contributed by atoms with Crippen LogP contribution in [0.5, 0.6) is 5.75 Å². The van der Waals surface area contributed by atoms with Crippen molar-refractivity contribution in [3.8, 4) is 11.8 Å². The first-order valence-corrected chi connectivity index (χ1v) is 5.74. The molecule has 9 nitrogen and oxygen atoms in total. The molecule has 21 heavy (non-hydrogen) atoms. The highest BCUT2D eigenvalue weighted by molar-refractivity contribution is 5.75. The van der Waals surface area contributed by atoms with E-state index in [0.717, 1.165) is 0 Å². The topological polar surface area (TPSA) is 148 Å². The molecule has 1 aromatic carbocycles. The second-order valence-corrected chi connectivity index (χ2v) is 3.97. The van der Waals surface area contributed by atoms with E-state index in [9.17, 15) is 9.90 Å². The van der Waals surface area contributed by atoms with Crippen LogP contribution < -0.4 is 5.32 Å². The summed E-state index contributed by atoms with van der Waals surface area (Å²) in [6, 6.07) is 6.23. The molecular formula is C12H10N6O3. The number of rotatable bonds is 5. The molecular weight excluding hydrogens is 276 g/mol. The number of aromatic nitrogens is 4. The van der Waals surface area contributed by atoms with Gasteiger partial charge in [-0.1, -0.05) is 6.07 Å². The minimum Gasteiger partial charge on any atom is -0.506 e. The van der Waals surface area contributed by atoms with E-state index in [-0.39, 0.29) is 29.3 Å². The van der Waals surface area contributed by atoms with E-state index in [1.165, 1.54) is 24.4 Å². The normalized spacial score (nSPS) is 10.9. The van der Waals surface area contributed by atoms with Gasteiger partial charge in [0.15, 0.2) is 0 Å². The van der Waals surface area contributed by atoms with Crippen molar-refractivity contribution < 1.29 is 15.0 Å². The van der Waals surface area contributed by atoms with Gasteiger partial charge in [0.05, 0.1) is 12.1 Å². The SMILES string of the molecule is N#CC(=CNc1cc(CC(=O)O)ccc1O)c1nn[nH]n1. The number of hydrogen-bond acceptors (Lipinski definition) is 7. The molecule has 2 rings (SSSR count). The van der Waals surface area contributed by atoms with Gasteiger partial charge in [-0.3, -0.25) is 4.79 Å². The van der Waals surface area contributed by atoms with Gasteiger partial charge in [-0.05, 0) is 22.9 Å². The summed E-state index contributed by atoms with van der Waals surface area (Å²) in [5.74, 6) is -0.955. The molecule has 0 aliphatic carbocycles. The van der Waals surface area contributed by atoms with Gasteiger partial charge < -0.3 is 15.5 Å². The number of aromatic amines is 1. The highest BCUT2D eigenvalue weighted by Gasteiger charge is 2.08. The monoisotopic (exact) mass is 286 g/mol. The number of anilines is 1. The van der Waals surface area contributed by atoms with Crippen LogP contribution in [0, 0.1) is 11.3 Å². The van der Waals surface area contributed by atoms with Crippen LogP contribution in [0.15, 0.2) is 24.4 Å². The zero-order valence-electron chi connectivity index (χ0n) is 10.6. The summed E-state index contributed by atoms with van der Waals surface area (Å²) in [7, 11) is 0. The Balaban J connectivity index is 2.23. The van der Waals surface area contributed by atoms with Gasteiger partial charge in [0.2, 0.25) is 5.82 Å². The lowest BCUT2D eigenvalue weighted by atomic mass is 10.1. The average molecular weight is 286 g/mol. The van der Waals surface area contributed by atoms with Crippen LogP contribution in [-0.2, 0) is 11.2 Å². The standard InChI is InChI=1S/C12H10N6O3/c13-5-8(12-15-17-18-16-12)6-14-9-3-7(4-11(20)21)1-2-10(9)19/h1-3,6,14,19H,4H2,(H,20,21)(H,15,16,17,18). The number of phenolic OH excluding ortho intramolecular Hbond substituents is 1. The summed E-state index contributed by atoms with van der Waals surface area (Å²) in [6.07, 6.45) is 1.12. The maximum absolute atomic E-state index is 10.7. The second-order valence-electron chi connectivity index (χ2n) is 3.97. The lowest BCUT2D eigenvalue weighted by molar-refractivity contribution is -0.136. The fourth-order valence-corrected chi connectivity index (χ4v) is 1.56. The zero-order valence-corrected chi connectivity index (χ0v) is 10.6.